The maximum atomic E-state index is 12.6. The number of benzene rings is 2. The molecule has 160 valence electrons. The number of rotatable bonds is 6. The van der Waals surface area contributed by atoms with Crippen molar-refractivity contribution in [2.45, 2.75) is 6.92 Å². The molecule has 0 bridgehead atoms. The second-order valence-corrected chi connectivity index (χ2v) is 7.00. The molecular formula is C23H22N3O5-. The van der Waals surface area contributed by atoms with Gasteiger partial charge in [-0.05, 0) is 31.2 Å². The van der Waals surface area contributed by atoms with Crippen LogP contribution in [0, 0.1) is 0 Å². The lowest BCUT2D eigenvalue weighted by Crippen LogP contribution is -2.36. The highest BCUT2D eigenvalue weighted by atomic mass is 16.5. The summed E-state index contributed by atoms with van der Waals surface area (Å²) < 4.78 is 11.9. The molecule has 0 N–H and O–H groups in total. The van der Waals surface area contributed by atoms with Crippen molar-refractivity contribution in [1.82, 2.24) is 9.78 Å². The smallest absolute Gasteiger partial charge is 0.357 e. The highest BCUT2D eigenvalue weighted by Gasteiger charge is 2.21. The fraction of sp³-hybridized carbons (Fsp3) is 0.261. The molecule has 8 heteroatoms. The molecule has 1 aliphatic heterocycles. The fourth-order valence-corrected chi connectivity index (χ4v) is 3.55. The van der Waals surface area contributed by atoms with E-state index in [1.807, 2.05) is 24.3 Å². The molecule has 0 aliphatic carbocycles. The first-order valence-electron chi connectivity index (χ1n) is 10.1. The number of aromatic carboxylic acids is 1. The topological polar surface area (TPSA) is 96.7 Å². The molecule has 4 rings (SSSR count). The number of anilines is 1. The normalized spacial score (nSPS) is 13.8. The van der Waals surface area contributed by atoms with Crippen LogP contribution in [0.25, 0.3) is 16.9 Å². The van der Waals surface area contributed by atoms with Crippen molar-refractivity contribution in [3.63, 3.8) is 0 Å². The molecule has 1 aromatic heterocycles. The first-order chi connectivity index (χ1) is 15.1. The van der Waals surface area contributed by atoms with Gasteiger partial charge in [0.15, 0.2) is 5.69 Å². The number of nitrogens with zero attached hydrogens (tertiary/aromatic N) is 3. The Bertz CT molecular complexity index is 1080. The van der Waals surface area contributed by atoms with Gasteiger partial charge in [0, 0.05) is 29.9 Å². The first kappa shape index (κ1) is 20.6. The van der Waals surface area contributed by atoms with E-state index in [0.717, 1.165) is 24.3 Å². The zero-order valence-corrected chi connectivity index (χ0v) is 17.1. The van der Waals surface area contributed by atoms with Crippen LogP contribution in [0.1, 0.15) is 27.8 Å². The zero-order chi connectivity index (χ0) is 21.8. The Balaban J connectivity index is 1.74. The van der Waals surface area contributed by atoms with E-state index in [0.29, 0.717) is 18.9 Å². The van der Waals surface area contributed by atoms with Crippen LogP contribution >= 0.6 is 0 Å². The van der Waals surface area contributed by atoms with Gasteiger partial charge in [-0.25, -0.2) is 9.48 Å². The summed E-state index contributed by atoms with van der Waals surface area (Å²) in [5, 5.41) is 16.1. The van der Waals surface area contributed by atoms with Crippen LogP contribution in [-0.2, 0) is 9.47 Å². The van der Waals surface area contributed by atoms with E-state index in [2.05, 4.69) is 10.00 Å². The number of morpholine rings is 1. The van der Waals surface area contributed by atoms with E-state index in [-0.39, 0.29) is 23.6 Å². The fourth-order valence-electron chi connectivity index (χ4n) is 3.55. The van der Waals surface area contributed by atoms with Crippen LogP contribution in [0.2, 0.25) is 0 Å². The molecule has 0 amide bonds. The Morgan fingerprint density at radius 3 is 2.48 bits per heavy atom. The lowest BCUT2D eigenvalue weighted by molar-refractivity contribution is -0.255. The van der Waals surface area contributed by atoms with Crippen LogP contribution in [0.5, 0.6) is 0 Å². The number of esters is 1. The minimum Gasteiger partial charge on any atom is -0.545 e. The lowest BCUT2D eigenvalue weighted by atomic mass is 10.1. The predicted molar refractivity (Wildman–Crippen MR) is 112 cm³/mol. The van der Waals surface area contributed by atoms with Gasteiger partial charge in [-0.1, -0.05) is 30.3 Å². The molecule has 0 unspecified atom stereocenters. The summed E-state index contributed by atoms with van der Waals surface area (Å²) >= 11 is 0. The minimum atomic E-state index is -1.35. The number of para-hydroxylation sites is 1. The molecule has 0 saturated carbocycles. The summed E-state index contributed by atoms with van der Waals surface area (Å²) in [6.07, 6.45) is 0. The summed E-state index contributed by atoms with van der Waals surface area (Å²) in [6, 6.07) is 15.7. The predicted octanol–water partition coefficient (Wildman–Crippen LogP) is 1.92. The first-order valence-corrected chi connectivity index (χ1v) is 10.1. The van der Waals surface area contributed by atoms with Gasteiger partial charge < -0.3 is 24.3 Å². The maximum Gasteiger partial charge on any atom is 0.357 e. The van der Waals surface area contributed by atoms with Gasteiger partial charge in [-0.15, -0.1) is 0 Å². The summed E-state index contributed by atoms with van der Waals surface area (Å²) in [6.45, 7) is 4.97. The second kappa shape index (κ2) is 9.01. The Kier molecular flexibility index (Phi) is 5.99. The van der Waals surface area contributed by atoms with E-state index in [1.54, 1.807) is 31.2 Å². The van der Waals surface area contributed by atoms with Gasteiger partial charge in [-0.3, -0.25) is 0 Å². The van der Waals surface area contributed by atoms with Gasteiger partial charge in [-0.2, -0.15) is 5.10 Å². The van der Waals surface area contributed by atoms with Gasteiger partial charge >= 0.3 is 5.97 Å². The number of carboxylic acids is 1. The molecule has 1 aliphatic rings. The van der Waals surface area contributed by atoms with Crippen molar-refractivity contribution >= 4 is 17.6 Å². The summed E-state index contributed by atoms with van der Waals surface area (Å²) in [7, 11) is 0. The van der Waals surface area contributed by atoms with Crippen molar-refractivity contribution in [2.24, 2.45) is 0 Å². The van der Waals surface area contributed by atoms with Gasteiger partial charge in [0.1, 0.15) is 0 Å². The van der Waals surface area contributed by atoms with E-state index < -0.39 is 11.9 Å². The molecular weight excluding hydrogens is 398 g/mol. The molecule has 8 nitrogen and oxygen atoms in total. The van der Waals surface area contributed by atoms with Gasteiger partial charge in [0.05, 0.1) is 37.2 Å². The minimum absolute atomic E-state index is 0.0645. The maximum absolute atomic E-state index is 12.6. The van der Waals surface area contributed by atoms with E-state index >= 15 is 0 Å². The van der Waals surface area contributed by atoms with Gasteiger partial charge in [0.25, 0.3) is 0 Å². The van der Waals surface area contributed by atoms with Crippen molar-refractivity contribution in [3.05, 3.63) is 65.9 Å². The van der Waals surface area contributed by atoms with Crippen LogP contribution in [0.15, 0.2) is 54.6 Å². The lowest BCUT2D eigenvalue weighted by Gasteiger charge is -2.28. The summed E-state index contributed by atoms with van der Waals surface area (Å²) in [5.41, 5.74) is 2.73. The van der Waals surface area contributed by atoms with Crippen LogP contribution in [-0.4, -0.2) is 54.6 Å². The Morgan fingerprint density at radius 2 is 1.81 bits per heavy atom. The second-order valence-electron chi connectivity index (χ2n) is 7.00. The number of aromatic nitrogens is 2. The molecule has 0 atom stereocenters. The molecule has 3 aromatic rings. The quantitative estimate of drug-likeness (QED) is 0.562. The molecule has 1 saturated heterocycles. The number of carboxylic acid groups (broad SMARTS) is 1. The average molecular weight is 420 g/mol. The Labute approximate surface area is 179 Å². The van der Waals surface area contributed by atoms with Crippen molar-refractivity contribution in [2.75, 3.05) is 37.8 Å². The van der Waals surface area contributed by atoms with Gasteiger partial charge in [0.2, 0.25) is 0 Å². The summed E-state index contributed by atoms with van der Waals surface area (Å²) in [4.78, 5) is 26.4. The third-order valence-electron chi connectivity index (χ3n) is 5.09. The van der Waals surface area contributed by atoms with E-state index in [1.165, 1.54) is 10.7 Å². The Hall–Kier alpha value is -3.65. The van der Waals surface area contributed by atoms with Crippen molar-refractivity contribution in [3.8, 4) is 16.9 Å². The molecule has 0 radical (unpaired) electrons. The van der Waals surface area contributed by atoms with Crippen LogP contribution in [0.4, 0.5) is 5.69 Å². The third kappa shape index (κ3) is 4.29. The number of hydrogen-bond donors (Lipinski definition) is 0. The number of hydrogen-bond acceptors (Lipinski definition) is 7. The van der Waals surface area contributed by atoms with Crippen molar-refractivity contribution < 1.29 is 24.2 Å². The molecule has 0 spiro atoms. The standard InChI is InChI=1S/C23H23N3O5/c1-2-31-23(29)21-15-19(24-26(21)20-6-4-3-5-18(20)22(27)28)16-7-9-17(10-8-16)25-11-13-30-14-12-25/h3-10,15H,2,11-14H2,1H3,(H,27,28)/p-1. The van der Waals surface area contributed by atoms with Crippen LogP contribution in [0.3, 0.4) is 0 Å². The van der Waals surface area contributed by atoms with Crippen LogP contribution < -0.4 is 10.0 Å². The number of ether oxygens (including phenoxy) is 2. The Morgan fingerprint density at radius 1 is 1.10 bits per heavy atom. The largest absolute Gasteiger partial charge is 0.545 e. The number of carbonyl (C=O) groups is 2. The highest BCUT2D eigenvalue weighted by Crippen LogP contribution is 2.26. The number of carbonyl (C=O) groups excluding carboxylic acids is 2. The summed E-state index contributed by atoms with van der Waals surface area (Å²) in [5.74, 6) is -1.93. The van der Waals surface area contributed by atoms with Crippen molar-refractivity contribution in [1.29, 1.82) is 0 Å². The molecule has 2 heterocycles. The molecule has 1 fully saturated rings. The third-order valence-corrected chi connectivity index (χ3v) is 5.09. The molecule has 2 aromatic carbocycles. The SMILES string of the molecule is CCOC(=O)c1cc(-c2ccc(N3CCOCC3)cc2)nn1-c1ccccc1C(=O)[O-]. The zero-order valence-electron chi connectivity index (χ0n) is 17.1. The molecule has 31 heavy (non-hydrogen) atoms. The highest BCUT2D eigenvalue weighted by molar-refractivity contribution is 5.93. The average Bonchev–Trinajstić information content (AvgIpc) is 3.25. The van der Waals surface area contributed by atoms with E-state index in [9.17, 15) is 14.7 Å². The van der Waals surface area contributed by atoms with E-state index in [4.69, 9.17) is 9.47 Å². The monoisotopic (exact) mass is 420 g/mol.